The van der Waals surface area contributed by atoms with Gasteiger partial charge in [-0.25, -0.2) is 4.68 Å². The van der Waals surface area contributed by atoms with E-state index in [-0.39, 0.29) is 25.6 Å². The number of nitrogens with one attached hydrogen (secondary N) is 1. The summed E-state index contributed by atoms with van der Waals surface area (Å²) in [5.74, 6) is 0.211. The molecule has 0 fully saturated rings. The zero-order valence-corrected chi connectivity index (χ0v) is 12.6. The number of ether oxygens (including phenoxy) is 2. The predicted molar refractivity (Wildman–Crippen MR) is 79.6 cm³/mol. The van der Waals surface area contributed by atoms with Gasteiger partial charge in [0.15, 0.2) is 11.5 Å². The number of nitrogens with zero attached hydrogens (tertiary/aromatic N) is 3. The molecular formula is C14H17N5O4. The van der Waals surface area contributed by atoms with E-state index in [9.17, 15) is 9.59 Å². The lowest BCUT2D eigenvalue weighted by Crippen LogP contribution is -2.35. The number of benzene rings is 1. The van der Waals surface area contributed by atoms with Crippen LogP contribution in [-0.2, 0) is 22.7 Å². The Kier molecular flexibility index (Phi) is 5.50. The van der Waals surface area contributed by atoms with E-state index in [0.717, 1.165) is 0 Å². The van der Waals surface area contributed by atoms with Crippen molar-refractivity contribution in [2.45, 2.75) is 13.2 Å². The van der Waals surface area contributed by atoms with Crippen molar-refractivity contribution in [1.29, 1.82) is 0 Å². The van der Waals surface area contributed by atoms with Crippen molar-refractivity contribution >= 4 is 11.8 Å². The zero-order valence-electron chi connectivity index (χ0n) is 12.6. The lowest BCUT2D eigenvalue weighted by atomic mass is 10.3. The average Bonchev–Trinajstić information content (AvgIpc) is 2.98. The van der Waals surface area contributed by atoms with Crippen molar-refractivity contribution < 1.29 is 19.1 Å². The quantitative estimate of drug-likeness (QED) is 0.674. The van der Waals surface area contributed by atoms with Crippen LogP contribution in [0.3, 0.4) is 0 Å². The molecule has 0 saturated carbocycles. The third kappa shape index (κ3) is 4.99. The third-order valence-corrected chi connectivity index (χ3v) is 2.80. The molecule has 2 rings (SSSR count). The van der Waals surface area contributed by atoms with Gasteiger partial charge in [0.2, 0.25) is 11.8 Å². The van der Waals surface area contributed by atoms with Crippen LogP contribution in [0.4, 0.5) is 0 Å². The van der Waals surface area contributed by atoms with E-state index in [1.54, 1.807) is 25.4 Å². The Labute approximate surface area is 132 Å². The molecule has 9 heteroatoms. The standard InChI is InChI=1S/C14H17N5O4/c1-22-11-4-2-3-5-12(11)23-9-10-7-19(18-17-10)8-14(21)16-6-13(15)20/h2-5,7H,6,8-9H2,1H3,(H2,15,20)(H,16,21). The monoisotopic (exact) mass is 319 g/mol. The van der Waals surface area contributed by atoms with Gasteiger partial charge in [-0.1, -0.05) is 17.3 Å². The molecule has 0 saturated heterocycles. The Morgan fingerprint density at radius 1 is 1.30 bits per heavy atom. The van der Waals surface area contributed by atoms with Crippen molar-refractivity contribution in [1.82, 2.24) is 20.3 Å². The van der Waals surface area contributed by atoms with Crippen LogP contribution in [0.5, 0.6) is 11.5 Å². The van der Waals surface area contributed by atoms with Crippen LogP contribution in [0, 0.1) is 0 Å². The molecule has 3 N–H and O–H groups in total. The third-order valence-electron chi connectivity index (χ3n) is 2.80. The second-order valence-corrected chi connectivity index (χ2v) is 4.59. The van der Waals surface area contributed by atoms with Gasteiger partial charge in [0.1, 0.15) is 18.8 Å². The van der Waals surface area contributed by atoms with E-state index in [2.05, 4.69) is 15.6 Å². The maximum absolute atomic E-state index is 11.5. The van der Waals surface area contributed by atoms with Gasteiger partial charge in [-0.2, -0.15) is 0 Å². The summed E-state index contributed by atoms with van der Waals surface area (Å²) in [4.78, 5) is 22.1. The van der Waals surface area contributed by atoms with Gasteiger partial charge in [0, 0.05) is 0 Å². The second-order valence-electron chi connectivity index (χ2n) is 4.59. The first-order chi connectivity index (χ1) is 11.1. The molecule has 0 radical (unpaired) electrons. The molecule has 0 spiro atoms. The van der Waals surface area contributed by atoms with Gasteiger partial charge < -0.3 is 20.5 Å². The number of amides is 2. The molecule has 0 aliphatic heterocycles. The maximum Gasteiger partial charge on any atom is 0.242 e. The Hall–Kier alpha value is -3.10. The number of carbonyl (C=O) groups excluding carboxylic acids is 2. The first-order valence-electron chi connectivity index (χ1n) is 6.78. The van der Waals surface area contributed by atoms with E-state index in [1.807, 2.05) is 12.1 Å². The van der Waals surface area contributed by atoms with Gasteiger partial charge in [-0.15, -0.1) is 5.10 Å². The summed E-state index contributed by atoms with van der Waals surface area (Å²) in [6.07, 6.45) is 1.58. The van der Waals surface area contributed by atoms with Gasteiger partial charge in [0.05, 0.1) is 19.9 Å². The maximum atomic E-state index is 11.5. The number of carbonyl (C=O) groups is 2. The molecule has 1 aromatic carbocycles. The highest BCUT2D eigenvalue weighted by Crippen LogP contribution is 2.26. The second kappa shape index (κ2) is 7.78. The minimum absolute atomic E-state index is 0.0606. The summed E-state index contributed by atoms with van der Waals surface area (Å²) < 4.78 is 12.1. The van der Waals surface area contributed by atoms with Gasteiger partial charge in [-0.3, -0.25) is 9.59 Å². The summed E-state index contributed by atoms with van der Waals surface area (Å²) in [6, 6.07) is 7.24. The highest BCUT2D eigenvalue weighted by Gasteiger charge is 2.08. The molecule has 0 aliphatic carbocycles. The summed E-state index contributed by atoms with van der Waals surface area (Å²) in [5.41, 5.74) is 5.50. The number of hydrogen-bond donors (Lipinski definition) is 2. The molecule has 2 aromatic rings. The normalized spacial score (nSPS) is 10.1. The average molecular weight is 319 g/mol. The Morgan fingerprint density at radius 3 is 2.74 bits per heavy atom. The number of hydrogen-bond acceptors (Lipinski definition) is 6. The summed E-state index contributed by atoms with van der Waals surface area (Å²) in [7, 11) is 1.56. The minimum Gasteiger partial charge on any atom is -0.493 e. The van der Waals surface area contributed by atoms with Gasteiger partial charge in [-0.05, 0) is 12.1 Å². The highest BCUT2D eigenvalue weighted by atomic mass is 16.5. The SMILES string of the molecule is COc1ccccc1OCc1cn(CC(=O)NCC(N)=O)nn1. The Morgan fingerprint density at radius 2 is 2.04 bits per heavy atom. The summed E-state index contributed by atoms with van der Waals surface area (Å²) in [6.45, 7) is -0.0878. The van der Waals surface area contributed by atoms with Crippen LogP contribution in [0.25, 0.3) is 0 Å². The predicted octanol–water partition coefficient (Wildman–Crippen LogP) is -0.533. The number of methoxy groups -OCH3 is 1. The van der Waals surface area contributed by atoms with Crippen molar-refractivity contribution in [3.05, 3.63) is 36.2 Å². The molecule has 122 valence electrons. The molecule has 9 nitrogen and oxygen atoms in total. The summed E-state index contributed by atoms with van der Waals surface area (Å²) in [5, 5.41) is 10.1. The van der Waals surface area contributed by atoms with Crippen LogP contribution in [-0.4, -0.2) is 40.5 Å². The first-order valence-corrected chi connectivity index (χ1v) is 6.78. The number of rotatable bonds is 8. The van der Waals surface area contributed by atoms with E-state index in [4.69, 9.17) is 15.2 Å². The molecule has 0 aliphatic rings. The summed E-state index contributed by atoms with van der Waals surface area (Å²) >= 11 is 0. The Balaban J connectivity index is 1.87. The number of nitrogens with two attached hydrogens (primary N) is 1. The fourth-order valence-electron chi connectivity index (χ4n) is 1.76. The van der Waals surface area contributed by atoms with E-state index in [0.29, 0.717) is 17.2 Å². The molecule has 23 heavy (non-hydrogen) atoms. The Bertz CT molecular complexity index is 685. The molecular weight excluding hydrogens is 302 g/mol. The van der Waals surface area contributed by atoms with E-state index >= 15 is 0 Å². The first kappa shape index (κ1) is 16.3. The fraction of sp³-hybridized carbons (Fsp3) is 0.286. The zero-order chi connectivity index (χ0) is 16.7. The van der Waals surface area contributed by atoms with Crippen molar-refractivity contribution in [3.63, 3.8) is 0 Å². The van der Waals surface area contributed by atoms with E-state index < -0.39 is 5.91 Å². The highest BCUT2D eigenvalue weighted by molar-refractivity contribution is 5.83. The lowest BCUT2D eigenvalue weighted by Gasteiger charge is -2.08. The number of aromatic nitrogens is 3. The van der Waals surface area contributed by atoms with Crippen LogP contribution >= 0.6 is 0 Å². The minimum atomic E-state index is -0.608. The van der Waals surface area contributed by atoms with Crippen molar-refractivity contribution in [3.8, 4) is 11.5 Å². The molecule has 0 bridgehead atoms. The van der Waals surface area contributed by atoms with Crippen molar-refractivity contribution in [2.75, 3.05) is 13.7 Å². The fourth-order valence-corrected chi connectivity index (χ4v) is 1.76. The topological polar surface area (TPSA) is 121 Å². The van der Waals surface area contributed by atoms with Crippen LogP contribution in [0.15, 0.2) is 30.5 Å². The van der Waals surface area contributed by atoms with Crippen LogP contribution in [0.1, 0.15) is 5.69 Å². The largest absolute Gasteiger partial charge is 0.493 e. The number of para-hydroxylation sites is 2. The van der Waals surface area contributed by atoms with Gasteiger partial charge >= 0.3 is 0 Å². The molecule has 1 heterocycles. The van der Waals surface area contributed by atoms with Gasteiger partial charge in [0.25, 0.3) is 0 Å². The molecule has 1 aromatic heterocycles. The van der Waals surface area contributed by atoms with Crippen LogP contribution < -0.4 is 20.5 Å². The smallest absolute Gasteiger partial charge is 0.242 e. The molecule has 0 unspecified atom stereocenters. The molecule has 0 atom stereocenters. The van der Waals surface area contributed by atoms with E-state index in [1.165, 1.54) is 4.68 Å². The van der Waals surface area contributed by atoms with Crippen LogP contribution in [0.2, 0.25) is 0 Å². The lowest BCUT2D eigenvalue weighted by molar-refractivity contribution is -0.125. The number of primary amides is 1. The van der Waals surface area contributed by atoms with Crippen molar-refractivity contribution in [2.24, 2.45) is 5.73 Å². The molecule has 2 amide bonds.